The summed E-state index contributed by atoms with van der Waals surface area (Å²) in [5.74, 6) is 0. The second-order valence-corrected chi connectivity index (χ2v) is 2.42. The Bertz CT molecular complexity index is 110. The van der Waals surface area contributed by atoms with Gasteiger partial charge in [0, 0.05) is 5.70 Å². The molecule has 0 spiro atoms. The van der Waals surface area contributed by atoms with E-state index in [0.717, 1.165) is 19.3 Å². The molecule has 0 aromatic heterocycles. The van der Waals surface area contributed by atoms with Crippen molar-refractivity contribution < 1.29 is 5.11 Å². The first kappa shape index (κ1) is 9.50. The van der Waals surface area contributed by atoms with Gasteiger partial charge < -0.3 is 10.8 Å². The highest BCUT2D eigenvalue weighted by atomic mass is 16.3. The van der Waals surface area contributed by atoms with Gasteiger partial charge in [-0.05, 0) is 12.8 Å². The van der Waals surface area contributed by atoms with Crippen LogP contribution in [0.4, 0.5) is 0 Å². The highest BCUT2D eigenvalue weighted by Gasteiger charge is 2.03. The lowest BCUT2D eigenvalue weighted by Crippen LogP contribution is -2.16. The molecule has 0 amide bonds. The molecular weight excluding hydrogens is 126 g/mol. The van der Waals surface area contributed by atoms with E-state index in [1.807, 2.05) is 19.9 Å². The van der Waals surface area contributed by atoms with E-state index in [4.69, 9.17) is 5.73 Å². The molecule has 3 N–H and O–H groups in total. The lowest BCUT2D eigenvalue weighted by molar-refractivity contribution is 0.197. The number of aliphatic hydroxyl groups is 1. The highest BCUT2D eigenvalue weighted by Crippen LogP contribution is 2.03. The van der Waals surface area contributed by atoms with Gasteiger partial charge in [0.25, 0.3) is 0 Å². The second kappa shape index (κ2) is 5.30. The van der Waals surface area contributed by atoms with Crippen LogP contribution in [0.25, 0.3) is 0 Å². The summed E-state index contributed by atoms with van der Waals surface area (Å²) in [5, 5.41) is 9.26. The number of nitrogens with two attached hydrogens (primary N) is 1. The van der Waals surface area contributed by atoms with E-state index in [1.165, 1.54) is 0 Å². The van der Waals surface area contributed by atoms with Gasteiger partial charge in [0.2, 0.25) is 0 Å². The minimum absolute atomic E-state index is 0.426. The van der Waals surface area contributed by atoms with Crippen molar-refractivity contribution in [3.8, 4) is 0 Å². The van der Waals surface area contributed by atoms with Crippen molar-refractivity contribution in [2.75, 3.05) is 0 Å². The van der Waals surface area contributed by atoms with Crippen molar-refractivity contribution in [1.29, 1.82) is 0 Å². The first-order valence-corrected chi connectivity index (χ1v) is 3.85. The zero-order valence-corrected chi connectivity index (χ0v) is 6.80. The zero-order chi connectivity index (χ0) is 7.98. The fraction of sp³-hybridized carbons (Fsp3) is 0.750. The van der Waals surface area contributed by atoms with Crippen LogP contribution in [0.5, 0.6) is 0 Å². The van der Waals surface area contributed by atoms with Gasteiger partial charge in [-0.25, -0.2) is 0 Å². The standard InChI is InChI=1S/C8H17NO/c1-3-5-7(9)8(10)6-4-2/h5,8,10H,3-4,6,9H2,1-2H3/b7-5+. The number of rotatable bonds is 4. The van der Waals surface area contributed by atoms with E-state index < -0.39 is 6.10 Å². The van der Waals surface area contributed by atoms with Gasteiger partial charge in [-0.2, -0.15) is 0 Å². The summed E-state index contributed by atoms with van der Waals surface area (Å²) in [7, 11) is 0. The van der Waals surface area contributed by atoms with Gasteiger partial charge in [-0.3, -0.25) is 0 Å². The summed E-state index contributed by atoms with van der Waals surface area (Å²) in [6.45, 7) is 4.04. The van der Waals surface area contributed by atoms with Crippen molar-refractivity contribution in [3.05, 3.63) is 11.8 Å². The molecule has 0 rings (SSSR count). The summed E-state index contributed by atoms with van der Waals surface area (Å²) in [6, 6.07) is 0. The number of hydrogen-bond donors (Lipinski definition) is 2. The molecule has 0 fully saturated rings. The highest BCUT2D eigenvalue weighted by molar-refractivity contribution is 5.01. The molecule has 10 heavy (non-hydrogen) atoms. The maximum atomic E-state index is 9.26. The fourth-order valence-corrected chi connectivity index (χ4v) is 0.812. The van der Waals surface area contributed by atoms with Crippen molar-refractivity contribution in [2.24, 2.45) is 5.73 Å². The number of hydrogen-bond acceptors (Lipinski definition) is 2. The lowest BCUT2D eigenvalue weighted by Gasteiger charge is -2.08. The van der Waals surface area contributed by atoms with Crippen molar-refractivity contribution in [3.63, 3.8) is 0 Å². The first-order valence-electron chi connectivity index (χ1n) is 3.85. The van der Waals surface area contributed by atoms with Crippen LogP contribution in [-0.4, -0.2) is 11.2 Å². The molecule has 0 aromatic rings. The smallest absolute Gasteiger partial charge is 0.0929 e. The minimum Gasteiger partial charge on any atom is -0.400 e. The molecule has 0 aliphatic heterocycles. The Balaban J connectivity index is 3.69. The van der Waals surface area contributed by atoms with Crippen molar-refractivity contribution in [1.82, 2.24) is 0 Å². The Kier molecular flexibility index (Phi) is 5.03. The third kappa shape index (κ3) is 3.51. The third-order valence-electron chi connectivity index (χ3n) is 1.39. The van der Waals surface area contributed by atoms with Crippen LogP contribution in [0.15, 0.2) is 11.8 Å². The maximum absolute atomic E-state index is 9.26. The van der Waals surface area contributed by atoms with E-state index in [1.54, 1.807) is 0 Å². The molecule has 0 saturated heterocycles. The molecule has 2 nitrogen and oxygen atoms in total. The van der Waals surface area contributed by atoms with Gasteiger partial charge in [0.05, 0.1) is 6.10 Å². The molecule has 60 valence electrons. The quantitative estimate of drug-likeness (QED) is 0.625. The van der Waals surface area contributed by atoms with Gasteiger partial charge in [-0.15, -0.1) is 0 Å². The van der Waals surface area contributed by atoms with Crippen LogP contribution < -0.4 is 5.73 Å². The van der Waals surface area contributed by atoms with Crippen molar-refractivity contribution in [2.45, 2.75) is 39.2 Å². The Morgan fingerprint density at radius 1 is 1.60 bits per heavy atom. The van der Waals surface area contributed by atoms with Crippen LogP contribution >= 0.6 is 0 Å². The van der Waals surface area contributed by atoms with E-state index >= 15 is 0 Å². The van der Waals surface area contributed by atoms with Gasteiger partial charge in [-0.1, -0.05) is 26.3 Å². The molecule has 0 bridgehead atoms. The largest absolute Gasteiger partial charge is 0.400 e. The van der Waals surface area contributed by atoms with Crippen LogP contribution in [0.1, 0.15) is 33.1 Å². The minimum atomic E-state index is -0.426. The van der Waals surface area contributed by atoms with Gasteiger partial charge in [0.1, 0.15) is 0 Å². The Morgan fingerprint density at radius 3 is 2.60 bits per heavy atom. The van der Waals surface area contributed by atoms with Gasteiger partial charge in [0.15, 0.2) is 0 Å². The SMILES string of the molecule is CC/C=C(/N)C(O)CCC. The molecule has 1 atom stereocenters. The van der Waals surface area contributed by atoms with E-state index in [2.05, 4.69) is 0 Å². The van der Waals surface area contributed by atoms with Crippen LogP contribution in [0.2, 0.25) is 0 Å². The number of allylic oxidation sites excluding steroid dienone is 1. The predicted molar refractivity (Wildman–Crippen MR) is 43.5 cm³/mol. The molecule has 1 unspecified atom stereocenters. The first-order chi connectivity index (χ1) is 4.72. The summed E-state index contributed by atoms with van der Waals surface area (Å²) < 4.78 is 0. The van der Waals surface area contributed by atoms with E-state index in [-0.39, 0.29) is 0 Å². The second-order valence-electron chi connectivity index (χ2n) is 2.42. The molecular formula is C8H17NO. The van der Waals surface area contributed by atoms with E-state index in [0.29, 0.717) is 5.70 Å². The topological polar surface area (TPSA) is 46.2 Å². The predicted octanol–water partition coefficient (Wildman–Crippen LogP) is 1.40. The van der Waals surface area contributed by atoms with Crippen molar-refractivity contribution >= 4 is 0 Å². The van der Waals surface area contributed by atoms with E-state index in [9.17, 15) is 5.11 Å². The molecule has 0 heterocycles. The molecule has 0 aliphatic carbocycles. The average Bonchev–Trinajstić information content (AvgIpc) is 1.89. The summed E-state index contributed by atoms with van der Waals surface area (Å²) in [4.78, 5) is 0. The Labute approximate surface area is 62.7 Å². The Morgan fingerprint density at radius 2 is 2.20 bits per heavy atom. The average molecular weight is 143 g/mol. The molecule has 0 saturated carbocycles. The maximum Gasteiger partial charge on any atom is 0.0929 e. The lowest BCUT2D eigenvalue weighted by atomic mass is 10.1. The summed E-state index contributed by atoms with van der Waals surface area (Å²) in [5.41, 5.74) is 6.14. The monoisotopic (exact) mass is 143 g/mol. The summed E-state index contributed by atoms with van der Waals surface area (Å²) >= 11 is 0. The van der Waals surface area contributed by atoms with Crippen LogP contribution in [0.3, 0.4) is 0 Å². The number of aliphatic hydroxyl groups excluding tert-OH is 1. The van der Waals surface area contributed by atoms with Crippen LogP contribution in [0, 0.1) is 0 Å². The molecule has 0 radical (unpaired) electrons. The fourth-order valence-electron chi connectivity index (χ4n) is 0.812. The normalized spacial score (nSPS) is 15.3. The summed E-state index contributed by atoms with van der Waals surface area (Å²) in [6.07, 6.45) is 4.07. The van der Waals surface area contributed by atoms with Gasteiger partial charge >= 0.3 is 0 Å². The third-order valence-corrected chi connectivity index (χ3v) is 1.39. The molecule has 0 aromatic carbocycles. The Hall–Kier alpha value is -0.500. The molecule has 0 aliphatic rings. The zero-order valence-electron chi connectivity index (χ0n) is 6.80. The molecule has 2 heteroatoms. The van der Waals surface area contributed by atoms with Crippen LogP contribution in [-0.2, 0) is 0 Å².